The highest BCUT2D eigenvalue weighted by atomic mass is 32.2. The molecule has 4 N–H and O–H groups in total. The lowest BCUT2D eigenvalue weighted by molar-refractivity contribution is 0.0434. The maximum absolute atomic E-state index is 11.6. The van der Waals surface area contributed by atoms with Crippen LogP contribution < -0.4 is 5.43 Å². The number of nitrogens with one attached hydrogen (secondary N) is 1. The van der Waals surface area contributed by atoms with E-state index in [-0.39, 0.29) is 17.3 Å². The maximum atomic E-state index is 11.6. The fourth-order valence-corrected chi connectivity index (χ4v) is 2.02. The second kappa shape index (κ2) is 7.12. The van der Waals surface area contributed by atoms with Crippen molar-refractivity contribution in [2.24, 2.45) is 0 Å². The molecule has 1 aromatic carbocycles. The largest absolute Gasteiger partial charge is 0.504 e. The molecular formula is C13H18N2O6S. The highest BCUT2D eigenvalue weighted by Crippen LogP contribution is 2.27. The van der Waals surface area contributed by atoms with Crippen molar-refractivity contribution in [1.82, 2.24) is 9.84 Å². The quantitative estimate of drug-likeness (QED) is 0.382. The molecule has 0 heterocycles. The predicted octanol–water partition coefficient (Wildman–Crippen LogP) is 2.67. The molecule has 1 aromatic rings. The highest BCUT2D eigenvalue weighted by Gasteiger charge is 2.21. The molecule has 0 aliphatic carbocycles. The predicted molar refractivity (Wildman–Crippen MR) is 80.3 cm³/mol. The van der Waals surface area contributed by atoms with E-state index < -0.39 is 17.8 Å². The van der Waals surface area contributed by atoms with Gasteiger partial charge >= 0.3 is 12.2 Å². The molecular weight excluding hydrogens is 312 g/mol. The van der Waals surface area contributed by atoms with E-state index >= 15 is 0 Å². The van der Waals surface area contributed by atoms with E-state index in [1.165, 1.54) is 18.2 Å². The Labute approximate surface area is 131 Å². The summed E-state index contributed by atoms with van der Waals surface area (Å²) in [6.45, 7) is 4.97. The van der Waals surface area contributed by atoms with Gasteiger partial charge in [0.2, 0.25) is 0 Å². The molecule has 0 atom stereocenters. The Kier molecular flexibility index (Phi) is 5.75. The van der Waals surface area contributed by atoms with Crippen molar-refractivity contribution in [3.8, 4) is 11.5 Å². The van der Waals surface area contributed by atoms with Gasteiger partial charge in [-0.2, -0.15) is 4.41 Å². The molecule has 0 radical (unpaired) electrons. The number of carbonyl (C=O) groups excluding carboxylic acids is 1. The summed E-state index contributed by atoms with van der Waals surface area (Å²) < 4.78 is 5.57. The standard InChI is InChI=1S/C13H18N2O6S/c1-13(2,3)21-11(18)14-15(12(19)20)22-7-8-4-5-9(16)10(17)6-8/h4-6,16-17H,7H2,1-3H3,(H,14,18)(H,19,20). The topological polar surface area (TPSA) is 119 Å². The first-order chi connectivity index (χ1) is 10.1. The van der Waals surface area contributed by atoms with Crippen LogP contribution in [0.15, 0.2) is 18.2 Å². The summed E-state index contributed by atoms with van der Waals surface area (Å²) in [4.78, 5) is 22.6. The number of carbonyl (C=O) groups is 2. The summed E-state index contributed by atoms with van der Waals surface area (Å²) in [5.74, 6) is -0.425. The van der Waals surface area contributed by atoms with Gasteiger partial charge < -0.3 is 20.1 Å². The molecule has 0 spiro atoms. The monoisotopic (exact) mass is 330 g/mol. The van der Waals surface area contributed by atoms with E-state index in [1.54, 1.807) is 20.8 Å². The normalized spacial score (nSPS) is 10.9. The summed E-state index contributed by atoms with van der Waals surface area (Å²) in [7, 11) is 0. The Balaban J connectivity index is 2.63. The summed E-state index contributed by atoms with van der Waals surface area (Å²) in [5.41, 5.74) is 1.91. The zero-order valence-corrected chi connectivity index (χ0v) is 13.2. The second-order valence-corrected chi connectivity index (χ2v) is 6.20. The third-order valence-corrected chi connectivity index (χ3v) is 3.13. The number of benzene rings is 1. The lowest BCUT2D eigenvalue weighted by Gasteiger charge is -2.23. The lowest BCUT2D eigenvalue weighted by Crippen LogP contribution is -2.43. The molecule has 0 aliphatic heterocycles. The van der Waals surface area contributed by atoms with Gasteiger partial charge in [0.25, 0.3) is 0 Å². The molecule has 0 saturated heterocycles. The molecule has 9 heteroatoms. The summed E-state index contributed by atoms with van der Waals surface area (Å²) in [6.07, 6.45) is -2.27. The molecule has 8 nitrogen and oxygen atoms in total. The van der Waals surface area contributed by atoms with Gasteiger partial charge in [-0.05, 0) is 50.4 Å². The van der Waals surface area contributed by atoms with Crippen LogP contribution in [0.1, 0.15) is 26.3 Å². The van der Waals surface area contributed by atoms with Crippen LogP contribution in [-0.4, -0.2) is 37.5 Å². The zero-order valence-electron chi connectivity index (χ0n) is 12.4. The van der Waals surface area contributed by atoms with Gasteiger partial charge in [0.1, 0.15) is 5.60 Å². The number of phenols is 2. The average Bonchev–Trinajstić information content (AvgIpc) is 2.36. The Morgan fingerprint density at radius 1 is 1.27 bits per heavy atom. The third-order valence-electron chi connectivity index (χ3n) is 2.17. The summed E-state index contributed by atoms with van der Waals surface area (Å²) in [5, 5.41) is 27.6. The van der Waals surface area contributed by atoms with Crippen LogP contribution in [0.25, 0.3) is 0 Å². The fourth-order valence-electron chi connectivity index (χ4n) is 1.32. The van der Waals surface area contributed by atoms with Crippen LogP contribution in [0.4, 0.5) is 9.59 Å². The number of nitrogens with zero attached hydrogens (tertiary/aromatic N) is 1. The van der Waals surface area contributed by atoms with Gasteiger partial charge in [0.05, 0.1) is 0 Å². The number of phenolic OH excluding ortho intramolecular Hbond substituents is 2. The third kappa shape index (κ3) is 6.00. The molecule has 1 rings (SSSR count). The van der Waals surface area contributed by atoms with E-state index in [1.807, 2.05) is 0 Å². The van der Waals surface area contributed by atoms with Crippen LogP contribution in [0.2, 0.25) is 0 Å². The Bertz CT molecular complexity index is 558. The molecule has 0 unspecified atom stereocenters. The number of hydrazine groups is 1. The molecule has 0 fully saturated rings. The summed E-state index contributed by atoms with van der Waals surface area (Å²) in [6, 6.07) is 4.11. The van der Waals surface area contributed by atoms with E-state index in [4.69, 9.17) is 9.84 Å². The van der Waals surface area contributed by atoms with E-state index in [0.29, 0.717) is 9.98 Å². The Hall–Kier alpha value is -2.29. The minimum absolute atomic E-state index is 0.149. The van der Waals surface area contributed by atoms with Crippen molar-refractivity contribution in [3.63, 3.8) is 0 Å². The number of rotatable bonds is 3. The van der Waals surface area contributed by atoms with Crippen LogP contribution in [-0.2, 0) is 10.5 Å². The smallest absolute Gasteiger partial charge is 0.437 e. The van der Waals surface area contributed by atoms with Crippen molar-refractivity contribution in [1.29, 1.82) is 0 Å². The van der Waals surface area contributed by atoms with Gasteiger partial charge in [-0.1, -0.05) is 6.07 Å². The fraction of sp³-hybridized carbons (Fsp3) is 0.385. The first-order valence-electron chi connectivity index (χ1n) is 6.25. The number of carboxylic acid groups (broad SMARTS) is 1. The number of amides is 2. The number of ether oxygens (including phenoxy) is 1. The Morgan fingerprint density at radius 3 is 2.41 bits per heavy atom. The van der Waals surface area contributed by atoms with Crippen molar-refractivity contribution < 1.29 is 29.6 Å². The van der Waals surface area contributed by atoms with Gasteiger partial charge in [-0.15, -0.1) is 0 Å². The van der Waals surface area contributed by atoms with Crippen LogP contribution in [0.3, 0.4) is 0 Å². The van der Waals surface area contributed by atoms with Gasteiger partial charge in [-0.3, -0.25) is 0 Å². The van der Waals surface area contributed by atoms with Crippen molar-refractivity contribution in [2.45, 2.75) is 32.1 Å². The molecule has 2 amide bonds. The number of hydrogen-bond acceptors (Lipinski definition) is 6. The molecule has 122 valence electrons. The van der Waals surface area contributed by atoms with Gasteiger partial charge in [0.15, 0.2) is 11.5 Å². The maximum Gasteiger partial charge on any atom is 0.437 e. The number of aromatic hydroxyl groups is 2. The molecule has 0 bridgehead atoms. The molecule has 22 heavy (non-hydrogen) atoms. The van der Waals surface area contributed by atoms with E-state index in [9.17, 15) is 19.8 Å². The number of hydrogen-bond donors (Lipinski definition) is 4. The molecule has 0 aromatic heterocycles. The minimum Gasteiger partial charge on any atom is -0.504 e. The Morgan fingerprint density at radius 2 is 1.91 bits per heavy atom. The van der Waals surface area contributed by atoms with Crippen LogP contribution >= 0.6 is 11.9 Å². The average molecular weight is 330 g/mol. The van der Waals surface area contributed by atoms with Crippen molar-refractivity contribution in [2.75, 3.05) is 0 Å². The van der Waals surface area contributed by atoms with Crippen molar-refractivity contribution in [3.05, 3.63) is 23.8 Å². The summed E-state index contributed by atoms with van der Waals surface area (Å²) >= 11 is 0.781. The minimum atomic E-state index is -1.38. The van der Waals surface area contributed by atoms with Crippen molar-refractivity contribution >= 4 is 24.1 Å². The molecule has 0 aliphatic rings. The van der Waals surface area contributed by atoms with Gasteiger partial charge in [-0.25, -0.2) is 15.0 Å². The SMILES string of the molecule is CC(C)(C)OC(=O)NN(SCc1ccc(O)c(O)c1)C(=O)O. The van der Waals surface area contributed by atoms with Gasteiger partial charge in [0, 0.05) is 5.75 Å². The second-order valence-electron chi connectivity index (χ2n) is 5.29. The van der Waals surface area contributed by atoms with Crippen LogP contribution in [0, 0.1) is 0 Å². The van der Waals surface area contributed by atoms with Crippen LogP contribution in [0.5, 0.6) is 11.5 Å². The van der Waals surface area contributed by atoms with E-state index in [0.717, 1.165) is 11.9 Å². The lowest BCUT2D eigenvalue weighted by atomic mass is 10.2. The molecule has 0 saturated carbocycles. The highest BCUT2D eigenvalue weighted by molar-refractivity contribution is 7.96. The van der Waals surface area contributed by atoms with E-state index in [2.05, 4.69) is 5.43 Å². The zero-order chi connectivity index (χ0) is 16.9. The first kappa shape index (κ1) is 17.8. The first-order valence-corrected chi connectivity index (χ1v) is 7.19.